The van der Waals surface area contributed by atoms with Crippen molar-refractivity contribution in [2.45, 2.75) is 13.0 Å². The molecule has 1 fully saturated rings. The van der Waals surface area contributed by atoms with E-state index in [1.807, 2.05) is 6.07 Å². The third kappa shape index (κ3) is 4.26. The highest BCUT2D eigenvalue weighted by Crippen LogP contribution is 2.22. The molecule has 0 aromatic heterocycles. The Hall–Kier alpha value is -0.990. The van der Waals surface area contributed by atoms with E-state index in [1.54, 1.807) is 0 Å². The zero-order chi connectivity index (χ0) is 14.8. The molecule has 0 aliphatic carbocycles. The summed E-state index contributed by atoms with van der Waals surface area (Å²) in [5, 5.41) is 13.9. The Morgan fingerprint density at radius 2 is 2.15 bits per heavy atom. The number of benzene rings is 1. The molecule has 6 nitrogen and oxygen atoms in total. The standard InChI is InChI=1S/C12H15BrN2O4S/c13-11-3-10(4-12(5-11)15(16)17)7-14-6-9-1-2-20(18,19)8-9/h3-5,9,14H,1-2,6-8H2. The van der Waals surface area contributed by atoms with Crippen LogP contribution in [-0.2, 0) is 16.4 Å². The Kier molecular flexibility index (Phi) is 4.77. The van der Waals surface area contributed by atoms with Crippen molar-refractivity contribution in [1.29, 1.82) is 0 Å². The first-order valence-electron chi connectivity index (χ1n) is 6.21. The number of rotatable bonds is 5. The fourth-order valence-electron chi connectivity index (χ4n) is 2.29. The van der Waals surface area contributed by atoms with Crippen LogP contribution in [0.3, 0.4) is 0 Å². The van der Waals surface area contributed by atoms with Crippen molar-refractivity contribution in [2.24, 2.45) is 5.92 Å². The van der Waals surface area contributed by atoms with Crippen LogP contribution in [0.2, 0.25) is 0 Å². The van der Waals surface area contributed by atoms with Crippen LogP contribution < -0.4 is 5.32 Å². The molecule has 1 atom stereocenters. The van der Waals surface area contributed by atoms with Crippen molar-refractivity contribution in [3.05, 3.63) is 38.3 Å². The average molecular weight is 363 g/mol. The van der Waals surface area contributed by atoms with Gasteiger partial charge in [0.2, 0.25) is 0 Å². The Balaban J connectivity index is 1.90. The molecular formula is C12H15BrN2O4S. The van der Waals surface area contributed by atoms with Crippen LogP contribution in [0.5, 0.6) is 0 Å². The summed E-state index contributed by atoms with van der Waals surface area (Å²) in [5.74, 6) is 0.641. The first kappa shape index (κ1) is 15.4. The van der Waals surface area contributed by atoms with Crippen LogP contribution >= 0.6 is 15.9 Å². The highest BCUT2D eigenvalue weighted by molar-refractivity contribution is 9.10. The maximum atomic E-state index is 11.3. The zero-order valence-corrected chi connectivity index (χ0v) is 13.1. The van der Waals surface area contributed by atoms with Gasteiger partial charge in [0.15, 0.2) is 9.84 Å². The quantitative estimate of drug-likeness (QED) is 0.637. The lowest BCUT2D eigenvalue weighted by Gasteiger charge is -2.09. The number of nitro groups is 1. The number of hydrogen-bond donors (Lipinski definition) is 1. The van der Waals surface area contributed by atoms with Gasteiger partial charge in [0, 0.05) is 23.2 Å². The van der Waals surface area contributed by atoms with Crippen LogP contribution in [0.1, 0.15) is 12.0 Å². The Labute approximate surface area is 125 Å². The lowest BCUT2D eigenvalue weighted by molar-refractivity contribution is -0.385. The largest absolute Gasteiger partial charge is 0.312 e. The van der Waals surface area contributed by atoms with Gasteiger partial charge >= 0.3 is 0 Å². The van der Waals surface area contributed by atoms with Gasteiger partial charge in [0.25, 0.3) is 5.69 Å². The number of nitrogens with one attached hydrogen (secondary N) is 1. The van der Waals surface area contributed by atoms with E-state index in [4.69, 9.17) is 0 Å². The maximum absolute atomic E-state index is 11.3. The van der Waals surface area contributed by atoms with Gasteiger partial charge in [0.05, 0.1) is 16.4 Å². The predicted molar refractivity (Wildman–Crippen MR) is 79.3 cm³/mol. The molecule has 8 heteroatoms. The summed E-state index contributed by atoms with van der Waals surface area (Å²) in [6.07, 6.45) is 0.688. The van der Waals surface area contributed by atoms with E-state index >= 15 is 0 Å². The first-order chi connectivity index (χ1) is 9.35. The highest BCUT2D eigenvalue weighted by Gasteiger charge is 2.27. The van der Waals surface area contributed by atoms with E-state index in [2.05, 4.69) is 21.2 Å². The molecule has 1 aromatic carbocycles. The number of non-ortho nitro benzene ring substituents is 1. The summed E-state index contributed by atoms with van der Waals surface area (Å²) in [7, 11) is -2.85. The monoisotopic (exact) mass is 362 g/mol. The van der Waals surface area contributed by atoms with Gasteiger partial charge in [-0.25, -0.2) is 8.42 Å². The second-order valence-electron chi connectivity index (χ2n) is 4.97. The predicted octanol–water partition coefficient (Wildman–Crippen LogP) is 1.88. The van der Waals surface area contributed by atoms with Crippen molar-refractivity contribution in [3.63, 3.8) is 0 Å². The molecule has 0 amide bonds. The smallest absolute Gasteiger partial charge is 0.270 e. The van der Waals surface area contributed by atoms with Crippen molar-refractivity contribution in [3.8, 4) is 0 Å². The van der Waals surface area contributed by atoms with Crippen molar-refractivity contribution < 1.29 is 13.3 Å². The van der Waals surface area contributed by atoms with Gasteiger partial charge in [-0.3, -0.25) is 10.1 Å². The molecule has 0 radical (unpaired) electrons. The summed E-state index contributed by atoms with van der Waals surface area (Å²) in [4.78, 5) is 10.3. The molecule has 2 rings (SSSR count). The molecule has 1 unspecified atom stereocenters. The SMILES string of the molecule is O=[N+]([O-])c1cc(Br)cc(CNCC2CCS(=O)(=O)C2)c1. The number of nitrogens with zero attached hydrogens (tertiary/aromatic N) is 1. The summed E-state index contributed by atoms with van der Waals surface area (Å²) in [6, 6.07) is 4.78. The third-order valence-corrected chi connectivity index (χ3v) is 5.54. The molecule has 0 saturated carbocycles. The van der Waals surface area contributed by atoms with Gasteiger partial charge < -0.3 is 5.32 Å². The van der Waals surface area contributed by atoms with E-state index in [1.165, 1.54) is 12.1 Å². The van der Waals surface area contributed by atoms with Crippen molar-refractivity contribution in [2.75, 3.05) is 18.1 Å². The molecule has 0 spiro atoms. The first-order valence-corrected chi connectivity index (χ1v) is 8.82. The molecule has 0 bridgehead atoms. The van der Waals surface area contributed by atoms with E-state index in [0.29, 0.717) is 24.0 Å². The van der Waals surface area contributed by atoms with Gasteiger partial charge in [-0.15, -0.1) is 0 Å². The molecule has 20 heavy (non-hydrogen) atoms. The number of hydrogen-bond acceptors (Lipinski definition) is 5. The van der Waals surface area contributed by atoms with Gasteiger partial charge in [-0.05, 0) is 30.5 Å². The summed E-state index contributed by atoms with van der Waals surface area (Å²) in [5.41, 5.74) is 0.839. The van der Waals surface area contributed by atoms with Crippen LogP contribution in [0, 0.1) is 16.0 Å². The van der Waals surface area contributed by atoms with Crippen LogP contribution in [0.4, 0.5) is 5.69 Å². The summed E-state index contributed by atoms with van der Waals surface area (Å²) >= 11 is 3.24. The van der Waals surface area contributed by atoms with Crippen molar-refractivity contribution >= 4 is 31.5 Å². The number of sulfone groups is 1. The lowest BCUT2D eigenvalue weighted by atomic mass is 10.1. The number of halogens is 1. The minimum atomic E-state index is -2.85. The molecule has 110 valence electrons. The fourth-order valence-corrected chi connectivity index (χ4v) is 4.68. The maximum Gasteiger partial charge on any atom is 0.270 e. The minimum Gasteiger partial charge on any atom is -0.312 e. The number of nitro benzene ring substituents is 1. The zero-order valence-electron chi connectivity index (χ0n) is 10.7. The molecule has 1 aliphatic heterocycles. The van der Waals surface area contributed by atoms with E-state index in [9.17, 15) is 18.5 Å². The van der Waals surface area contributed by atoms with E-state index in [0.717, 1.165) is 5.56 Å². The van der Waals surface area contributed by atoms with Gasteiger partial charge in [-0.2, -0.15) is 0 Å². The van der Waals surface area contributed by atoms with Crippen LogP contribution in [-0.4, -0.2) is 31.4 Å². The second-order valence-corrected chi connectivity index (χ2v) is 8.12. The summed E-state index contributed by atoms with van der Waals surface area (Å²) in [6.45, 7) is 1.09. The van der Waals surface area contributed by atoms with Crippen LogP contribution in [0.15, 0.2) is 22.7 Å². The Bertz CT molecular complexity index is 618. The fraction of sp³-hybridized carbons (Fsp3) is 0.500. The Morgan fingerprint density at radius 3 is 2.75 bits per heavy atom. The summed E-state index contributed by atoms with van der Waals surface area (Å²) < 4.78 is 23.3. The molecule has 1 aliphatic rings. The van der Waals surface area contributed by atoms with E-state index in [-0.39, 0.29) is 23.1 Å². The molecular weight excluding hydrogens is 348 g/mol. The van der Waals surface area contributed by atoms with Gasteiger partial charge in [-0.1, -0.05) is 15.9 Å². The molecule has 1 aromatic rings. The lowest BCUT2D eigenvalue weighted by Crippen LogP contribution is -2.23. The molecule has 1 saturated heterocycles. The highest BCUT2D eigenvalue weighted by atomic mass is 79.9. The molecule has 1 N–H and O–H groups in total. The molecule has 1 heterocycles. The topological polar surface area (TPSA) is 89.3 Å². The third-order valence-electron chi connectivity index (χ3n) is 3.24. The average Bonchev–Trinajstić information content (AvgIpc) is 2.68. The minimum absolute atomic E-state index is 0.0413. The second kappa shape index (κ2) is 6.19. The normalized spacial score (nSPS) is 20.9. The van der Waals surface area contributed by atoms with E-state index < -0.39 is 14.8 Å². The van der Waals surface area contributed by atoms with Crippen LogP contribution in [0.25, 0.3) is 0 Å². The van der Waals surface area contributed by atoms with Crippen molar-refractivity contribution in [1.82, 2.24) is 5.32 Å². The van der Waals surface area contributed by atoms with Gasteiger partial charge in [0.1, 0.15) is 0 Å². The Morgan fingerprint density at radius 1 is 1.40 bits per heavy atom.